The van der Waals surface area contributed by atoms with Gasteiger partial charge in [-0.15, -0.1) is 11.3 Å². The highest BCUT2D eigenvalue weighted by Gasteiger charge is 2.25. The van der Waals surface area contributed by atoms with E-state index in [-0.39, 0.29) is 5.43 Å². The number of thiophene rings is 1. The van der Waals surface area contributed by atoms with Gasteiger partial charge in [-0.2, -0.15) is 0 Å². The fraction of sp³-hybridized carbons (Fsp3) is 0.188. The van der Waals surface area contributed by atoms with Gasteiger partial charge in [0.25, 0.3) is 0 Å². The Bertz CT molecular complexity index is 848. The lowest BCUT2D eigenvalue weighted by molar-refractivity contribution is 0.989. The van der Waals surface area contributed by atoms with Crippen molar-refractivity contribution in [1.82, 2.24) is 4.98 Å². The van der Waals surface area contributed by atoms with E-state index < -0.39 is 0 Å². The second-order valence-corrected chi connectivity index (χ2v) is 6.37. The minimum absolute atomic E-state index is 0.191. The number of aromatic amines is 1. The van der Waals surface area contributed by atoms with Crippen LogP contribution in [-0.4, -0.2) is 11.5 Å². The first-order valence-corrected chi connectivity index (χ1v) is 7.53. The van der Waals surface area contributed by atoms with E-state index in [1.54, 1.807) is 11.3 Å². The van der Waals surface area contributed by atoms with Gasteiger partial charge in [-0.05, 0) is 31.5 Å². The second kappa shape index (κ2) is 4.21. The molecule has 0 fully saturated rings. The molecule has 1 aliphatic heterocycles. The molecule has 0 saturated carbocycles. The molecule has 3 heterocycles. The molecule has 2 aromatic heterocycles. The lowest BCUT2D eigenvalue weighted by atomic mass is 10.2. The third kappa shape index (κ3) is 1.61. The number of anilines is 2. The summed E-state index contributed by atoms with van der Waals surface area (Å²) in [5.41, 5.74) is 2.24. The molecule has 0 aliphatic carbocycles. The molecule has 0 unspecified atom stereocenters. The normalized spacial score (nSPS) is 13.9. The predicted molar refractivity (Wildman–Crippen MR) is 84.3 cm³/mol. The highest BCUT2D eigenvalue weighted by molar-refractivity contribution is 7.18. The van der Waals surface area contributed by atoms with Crippen molar-refractivity contribution in [3.63, 3.8) is 0 Å². The van der Waals surface area contributed by atoms with Crippen molar-refractivity contribution >= 4 is 33.1 Å². The zero-order valence-electron chi connectivity index (χ0n) is 11.1. The molecule has 0 saturated heterocycles. The van der Waals surface area contributed by atoms with E-state index in [9.17, 15) is 4.79 Å². The summed E-state index contributed by atoms with van der Waals surface area (Å²) in [5, 5.41) is 0.834. The number of para-hydroxylation sites is 1. The Labute approximate surface area is 120 Å². The Hall–Kier alpha value is -2.07. The summed E-state index contributed by atoms with van der Waals surface area (Å²) in [6.45, 7) is 2.90. The van der Waals surface area contributed by atoms with Gasteiger partial charge in [0.1, 0.15) is 10.6 Å². The molecule has 0 amide bonds. The maximum atomic E-state index is 12.6. The van der Waals surface area contributed by atoms with Crippen LogP contribution in [0.4, 0.5) is 11.5 Å². The Balaban J connectivity index is 1.96. The third-order valence-corrected chi connectivity index (χ3v) is 4.78. The van der Waals surface area contributed by atoms with Crippen LogP contribution in [0.5, 0.6) is 0 Å². The average Bonchev–Trinajstić information content (AvgIpc) is 3.03. The van der Waals surface area contributed by atoms with E-state index in [1.807, 2.05) is 31.2 Å². The van der Waals surface area contributed by atoms with Gasteiger partial charge in [0, 0.05) is 22.7 Å². The Morgan fingerprint density at radius 2 is 2.05 bits per heavy atom. The van der Waals surface area contributed by atoms with Crippen LogP contribution in [0.1, 0.15) is 10.4 Å². The number of aryl methyl sites for hydroxylation is 1. The fourth-order valence-electron chi connectivity index (χ4n) is 2.89. The number of rotatable bonds is 1. The Kier molecular flexibility index (Phi) is 2.47. The zero-order chi connectivity index (χ0) is 13.7. The predicted octanol–water partition coefficient (Wildman–Crippen LogP) is 3.59. The van der Waals surface area contributed by atoms with Gasteiger partial charge in [0.2, 0.25) is 0 Å². The molecule has 0 bridgehead atoms. The van der Waals surface area contributed by atoms with Gasteiger partial charge >= 0.3 is 0 Å². The monoisotopic (exact) mass is 282 g/mol. The lowest BCUT2D eigenvalue weighted by Crippen LogP contribution is -2.14. The molecule has 20 heavy (non-hydrogen) atoms. The van der Waals surface area contributed by atoms with Crippen molar-refractivity contribution in [2.45, 2.75) is 13.3 Å². The summed E-state index contributed by atoms with van der Waals surface area (Å²) in [5.74, 6) is 0.968. The van der Waals surface area contributed by atoms with Crippen molar-refractivity contribution < 1.29 is 0 Å². The number of pyridine rings is 1. The highest BCUT2D eigenvalue weighted by atomic mass is 32.1. The van der Waals surface area contributed by atoms with E-state index in [2.05, 4.69) is 22.0 Å². The maximum Gasteiger partial charge on any atom is 0.195 e. The molecule has 3 nitrogen and oxygen atoms in total. The van der Waals surface area contributed by atoms with Crippen molar-refractivity contribution in [3.05, 3.63) is 57.1 Å². The SMILES string of the molecule is Cc1cc2c(=O)c3c([nH]c2s1)N(c1ccccc1)CC3. The van der Waals surface area contributed by atoms with Crippen LogP contribution >= 0.6 is 11.3 Å². The van der Waals surface area contributed by atoms with E-state index in [1.165, 1.54) is 4.88 Å². The minimum Gasteiger partial charge on any atom is -0.332 e. The van der Waals surface area contributed by atoms with Crippen LogP contribution in [0.25, 0.3) is 10.2 Å². The summed E-state index contributed by atoms with van der Waals surface area (Å²) in [7, 11) is 0. The molecule has 0 atom stereocenters. The van der Waals surface area contributed by atoms with Crippen LogP contribution in [0.15, 0.2) is 41.2 Å². The number of H-pyrrole nitrogens is 1. The molecular weight excluding hydrogens is 268 g/mol. The first kappa shape index (κ1) is 11.7. The quantitative estimate of drug-likeness (QED) is 0.740. The van der Waals surface area contributed by atoms with Gasteiger partial charge in [-0.1, -0.05) is 18.2 Å². The summed E-state index contributed by atoms with van der Waals surface area (Å²) < 4.78 is 0. The van der Waals surface area contributed by atoms with E-state index >= 15 is 0 Å². The van der Waals surface area contributed by atoms with Crippen LogP contribution in [0.3, 0.4) is 0 Å². The van der Waals surface area contributed by atoms with Crippen LogP contribution in [0.2, 0.25) is 0 Å². The summed E-state index contributed by atoms with van der Waals surface area (Å²) in [4.78, 5) is 20.4. The van der Waals surface area contributed by atoms with Crippen LogP contribution in [-0.2, 0) is 6.42 Å². The molecule has 3 aromatic rings. The standard InChI is InChI=1S/C16H14N2OS/c1-10-9-13-14(19)12-7-8-18(11-5-3-2-4-6-11)15(12)17-16(13)20-10/h2-6,9H,7-8H2,1H3,(H,17,19). The summed E-state index contributed by atoms with van der Waals surface area (Å²) >= 11 is 1.65. The van der Waals surface area contributed by atoms with Gasteiger partial charge in [0.15, 0.2) is 5.43 Å². The average molecular weight is 282 g/mol. The third-order valence-electron chi connectivity index (χ3n) is 3.81. The van der Waals surface area contributed by atoms with E-state index in [4.69, 9.17) is 0 Å². The molecule has 1 aromatic carbocycles. The highest BCUT2D eigenvalue weighted by Crippen LogP contribution is 2.33. The molecule has 1 N–H and O–H groups in total. The van der Waals surface area contributed by atoms with E-state index in [0.717, 1.165) is 40.3 Å². The van der Waals surface area contributed by atoms with Gasteiger partial charge in [0.05, 0.1) is 5.39 Å². The van der Waals surface area contributed by atoms with Crippen molar-refractivity contribution in [3.8, 4) is 0 Å². The molecular formula is C16H14N2OS. The van der Waals surface area contributed by atoms with Gasteiger partial charge in [-0.25, -0.2) is 0 Å². The number of fused-ring (bicyclic) bond motifs is 2. The minimum atomic E-state index is 0.191. The first-order valence-electron chi connectivity index (χ1n) is 6.72. The first-order chi connectivity index (χ1) is 9.74. The number of nitrogens with zero attached hydrogens (tertiary/aromatic N) is 1. The summed E-state index contributed by atoms with van der Waals surface area (Å²) in [6, 6.07) is 12.2. The lowest BCUT2D eigenvalue weighted by Gasteiger charge is -2.18. The smallest absolute Gasteiger partial charge is 0.195 e. The molecule has 4 rings (SSSR count). The Morgan fingerprint density at radius 1 is 1.25 bits per heavy atom. The second-order valence-electron chi connectivity index (χ2n) is 5.12. The molecule has 1 aliphatic rings. The van der Waals surface area contributed by atoms with Crippen LogP contribution < -0.4 is 10.3 Å². The fourth-order valence-corrected chi connectivity index (χ4v) is 3.80. The topological polar surface area (TPSA) is 36.1 Å². The van der Waals surface area contributed by atoms with Crippen LogP contribution in [0, 0.1) is 6.92 Å². The number of nitrogens with one attached hydrogen (secondary N) is 1. The maximum absolute atomic E-state index is 12.6. The molecule has 0 radical (unpaired) electrons. The number of hydrogen-bond acceptors (Lipinski definition) is 3. The van der Waals surface area contributed by atoms with Crippen molar-refractivity contribution in [2.75, 3.05) is 11.4 Å². The van der Waals surface area contributed by atoms with Gasteiger partial charge in [-0.3, -0.25) is 4.79 Å². The van der Waals surface area contributed by atoms with Gasteiger partial charge < -0.3 is 9.88 Å². The number of benzene rings is 1. The molecule has 100 valence electrons. The number of hydrogen-bond donors (Lipinski definition) is 1. The van der Waals surface area contributed by atoms with E-state index in [0.29, 0.717) is 0 Å². The van der Waals surface area contributed by atoms with Crippen molar-refractivity contribution in [1.29, 1.82) is 0 Å². The molecule has 4 heteroatoms. The molecule has 0 spiro atoms. The Morgan fingerprint density at radius 3 is 2.85 bits per heavy atom. The largest absolute Gasteiger partial charge is 0.332 e. The zero-order valence-corrected chi connectivity index (χ0v) is 12.0. The summed E-state index contributed by atoms with van der Waals surface area (Å²) in [6.07, 6.45) is 0.810. The van der Waals surface area contributed by atoms with Crippen molar-refractivity contribution in [2.24, 2.45) is 0 Å². The number of aromatic nitrogens is 1.